The normalized spacial score (nSPS) is 10.3. The number of sulfonamides is 2. The van der Waals surface area contributed by atoms with Crippen LogP contribution in [0.15, 0.2) is 224 Å². The number of amides is 2. The van der Waals surface area contributed by atoms with Crippen LogP contribution in [0.5, 0.6) is 11.5 Å². The highest BCUT2D eigenvalue weighted by atomic mass is 32.2. The number of ether oxygens (including phenoxy) is 5. The third-order valence-electron chi connectivity index (χ3n) is 15.5. The first-order valence-corrected chi connectivity index (χ1v) is 39.6. The summed E-state index contributed by atoms with van der Waals surface area (Å²) in [6.07, 6.45) is 2.14. The van der Waals surface area contributed by atoms with Crippen LogP contribution in [0.25, 0.3) is 21.5 Å². The lowest BCUT2D eigenvalue weighted by Crippen LogP contribution is -2.10. The van der Waals surface area contributed by atoms with Gasteiger partial charge in [0.1, 0.15) is 24.7 Å². The Balaban J connectivity index is 0.000000338. The van der Waals surface area contributed by atoms with Crippen LogP contribution in [-0.2, 0) is 43.8 Å². The van der Waals surface area contributed by atoms with E-state index in [9.17, 15) is 64.8 Å². The number of rotatable bonds is 26. The number of hydrogen-bond donors (Lipinski definition) is 4. The molecule has 0 spiro atoms. The fraction of sp³-hybridized carbons (Fsp3) is 0.258. The highest BCUT2D eigenvalue weighted by Crippen LogP contribution is 2.29. The zero-order valence-electron chi connectivity index (χ0n) is 67.3. The van der Waals surface area contributed by atoms with Crippen molar-refractivity contribution in [2.24, 2.45) is 0 Å². The van der Waals surface area contributed by atoms with Gasteiger partial charge in [-0.1, -0.05) is 111 Å². The van der Waals surface area contributed by atoms with Crippen molar-refractivity contribution in [1.29, 1.82) is 0 Å². The fourth-order valence-electron chi connectivity index (χ4n) is 9.79. The van der Waals surface area contributed by atoms with Crippen molar-refractivity contribution in [1.82, 2.24) is 0 Å². The Labute approximate surface area is 668 Å². The lowest BCUT2D eigenvalue weighted by Gasteiger charge is -2.08. The number of carbonyl (C=O) groups excluding carboxylic acids is 10. The molecule has 0 heterocycles. The Morgan fingerprint density at radius 2 is 0.632 bits per heavy atom. The van der Waals surface area contributed by atoms with Crippen molar-refractivity contribution < 1.29 is 88.5 Å². The van der Waals surface area contributed by atoms with Gasteiger partial charge in [-0.25, -0.2) is 16.8 Å². The molecule has 10 aromatic rings. The van der Waals surface area contributed by atoms with E-state index in [-0.39, 0.29) is 58.1 Å². The van der Waals surface area contributed by atoms with E-state index in [1.165, 1.54) is 53.2 Å². The number of hydrogen-bond acceptors (Lipinski definition) is 19. The zero-order valence-corrected chi connectivity index (χ0v) is 68.9. The molecule has 2 amide bonds. The third kappa shape index (κ3) is 38.8. The van der Waals surface area contributed by atoms with Crippen molar-refractivity contribution in [3.05, 3.63) is 275 Å². The van der Waals surface area contributed by atoms with Gasteiger partial charge in [-0.05, 0) is 216 Å². The molecule has 0 bridgehead atoms. The average molecular weight is 1600 g/mol. The minimum absolute atomic E-state index is 0.00722. The predicted octanol–water partition coefficient (Wildman–Crippen LogP) is 17.3. The van der Waals surface area contributed by atoms with Gasteiger partial charge in [-0.2, -0.15) is 0 Å². The van der Waals surface area contributed by atoms with Crippen molar-refractivity contribution in [2.45, 2.75) is 89.0 Å². The molecule has 0 aliphatic rings. The van der Waals surface area contributed by atoms with Crippen molar-refractivity contribution in [2.75, 3.05) is 86.5 Å². The Morgan fingerprint density at radius 3 is 0.991 bits per heavy atom. The second-order valence-corrected chi connectivity index (χ2v) is 29.2. The molecule has 25 heteroatoms. The maximum absolute atomic E-state index is 11.9. The highest BCUT2D eigenvalue weighted by molar-refractivity contribution is 7.92. The SMILES string of the molecule is CC(=O)Nc1ccc(C(C)=O)cc1.CC(=O)Nc1cccc(C(C)=O)c1.CC(=O)c1c2ccccc2cc2ccccc12.CC(=O)c1ccc(C(C)C)cc1.CC(=O)c1ccc(NS(C)(=O)=O)cc1.CC(=O)c1cccc(NS(C)(=O)=O)c1.COCCOCCOc1ccc(C(C)=O)cc1.COCCOc1ccc(C(C)=O)cc1. The van der Waals surface area contributed by atoms with Crippen molar-refractivity contribution >= 4 is 122 Å². The second kappa shape index (κ2) is 50.1. The summed E-state index contributed by atoms with van der Waals surface area (Å²) >= 11 is 0. The van der Waals surface area contributed by atoms with Crippen LogP contribution in [0.3, 0.4) is 0 Å². The monoisotopic (exact) mass is 1590 g/mol. The summed E-state index contributed by atoms with van der Waals surface area (Å²) in [5.41, 5.74) is 8.80. The summed E-state index contributed by atoms with van der Waals surface area (Å²) in [6, 6.07) is 66.4. The third-order valence-corrected chi connectivity index (χ3v) is 16.7. The molecule has 0 aliphatic heterocycles. The number of ketones is 8. The Kier molecular flexibility index (Phi) is 42.3. The van der Waals surface area contributed by atoms with E-state index in [0.29, 0.717) is 102 Å². The molecule has 114 heavy (non-hydrogen) atoms. The van der Waals surface area contributed by atoms with Crippen LogP contribution in [0.4, 0.5) is 22.7 Å². The molecule has 0 fully saturated rings. The summed E-state index contributed by atoms with van der Waals surface area (Å²) < 4.78 is 73.8. The molecule has 0 unspecified atom stereocenters. The van der Waals surface area contributed by atoms with Gasteiger partial charge in [0.05, 0.1) is 38.9 Å². The van der Waals surface area contributed by atoms with Gasteiger partial charge >= 0.3 is 0 Å². The quantitative estimate of drug-likeness (QED) is 0.0222. The largest absolute Gasteiger partial charge is 0.491 e. The van der Waals surface area contributed by atoms with Crippen LogP contribution in [0.1, 0.15) is 177 Å². The lowest BCUT2D eigenvalue weighted by atomic mass is 9.95. The van der Waals surface area contributed by atoms with Gasteiger partial charge in [0, 0.05) is 95.3 Å². The maximum atomic E-state index is 11.9. The first-order chi connectivity index (χ1) is 53.8. The number of fused-ring (bicyclic) bond motifs is 2. The first-order valence-electron chi connectivity index (χ1n) is 35.8. The van der Waals surface area contributed by atoms with E-state index in [1.807, 2.05) is 72.8 Å². The number of Topliss-reactive ketones (excluding diaryl/α,β-unsaturated/α-hetero) is 8. The lowest BCUT2D eigenvalue weighted by molar-refractivity contribution is -0.115. The summed E-state index contributed by atoms with van der Waals surface area (Å²) in [5.74, 6) is 2.02. The van der Waals surface area contributed by atoms with E-state index in [4.69, 9.17) is 23.7 Å². The van der Waals surface area contributed by atoms with E-state index in [1.54, 1.807) is 181 Å². The summed E-state index contributed by atoms with van der Waals surface area (Å²) in [6.45, 7) is 22.6. The minimum Gasteiger partial charge on any atom is -0.491 e. The Bertz CT molecular complexity index is 5020. The summed E-state index contributed by atoms with van der Waals surface area (Å²) in [4.78, 5) is 110. The maximum Gasteiger partial charge on any atom is 0.229 e. The molecule has 0 aliphatic carbocycles. The molecule has 0 saturated carbocycles. The van der Waals surface area contributed by atoms with Gasteiger partial charge in [0.2, 0.25) is 31.9 Å². The molecule has 4 N–H and O–H groups in total. The topological polar surface area (TPSA) is 333 Å². The molecule has 23 nitrogen and oxygen atoms in total. The number of benzene rings is 10. The van der Waals surface area contributed by atoms with Crippen LogP contribution < -0.4 is 29.6 Å². The van der Waals surface area contributed by atoms with Gasteiger partial charge in [-0.15, -0.1) is 0 Å². The molecule has 0 atom stereocenters. The van der Waals surface area contributed by atoms with E-state index < -0.39 is 20.0 Å². The molecule has 604 valence electrons. The van der Waals surface area contributed by atoms with Gasteiger partial charge in [0.15, 0.2) is 46.3 Å². The van der Waals surface area contributed by atoms with Crippen LogP contribution in [-0.4, -0.2) is 141 Å². The standard InChI is InChI=1S/C16H12O.C13H18O4.C11H14O3.C11H14O.2C10H11NO2.2C9H11NO3S/c1-11(17)16-14-8-4-2-6-12(14)10-13-7-3-5-9-15(13)16;1-11(14)12-3-5-13(6-4-12)17-10-9-16-8-7-15-2;1-9(12)10-3-5-11(6-4-10)14-8-7-13-2;1-8(2)10-4-6-11(7-5-10)9(3)12;1-7(12)9-3-5-10(6-4-9)11-8(2)13;1-7(12)9-4-3-5-10(6-9)11-8(2)13;1-7(11)8-3-5-9(6-4-8)10-14(2,12)13;1-7(11)8-4-3-5-9(6-8)10-14(2,12)13/h2-10H,1H3;3-6H,7-10H2,1-2H3;3-6H,7-8H2,1-2H3;4-8H,1-3H3;2*3-6H,1-2H3,(H,11,13);2*3-6,10H,1-2H3. The van der Waals surface area contributed by atoms with Crippen molar-refractivity contribution in [3.63, 3.8) is 0 Å². The first kappa shape index (κ1) is 96.2. The summed E-state index contributed by atoms with van der Waals surface area (Å²) in [7, 11) is -3.26. The number of carbonyl (C=O) groups is 10. The smallest absolute Gasteiger partial charge is 0.229 e. The van der Waals surface area contributed by atoms with E-state index in [2.05, 4.69) is 40.0 Å². The zero-order chi connectivity index (χ0) is 85.1. The molecule has 10 aromatic carbocycles. The van der Waals surface area contributed by atoms with Gasteiger partial charge < -0.3 is 34.3 Å². The van der Waals surface area contributed by atoms with E-state index >= 15 is 0 Å². The molecule has 10 rings (SSSR count). The minimum atomic E-state index is -3.28. The number of nitrogens with one attached hydrogen (secondary N) is 4. The fourth-order valence-corrected chi connectivity index (χ4v) is 10.9. The van der Waals surface area contributed by atoms with Crippen LogP contribution in [0.2, 0.25) is 0 Å². The Morgan fingerprint density at radius 1 is 0.316 bits per heavy atom. The number of methoxy groups -OCH3 is 2. The molecular weight excluding hydrogens is 1490 g/mol. The molecular formula is C89H102N4O19S2. The second-order valence-electron chi connectivity index (χ2n) is 25.7. The van der Waals surface area contributed by atoms with E-state index in [0.717, 1.165) is 56.7 Å². The molecule has 0 saturated heterocycles. The average Bonchev–Trinajstić information content (AvgIpc) is 0.771. The Hall–Kier alpha value is -12.0. The molecule has 0 radical (unpaired) electrons. The van der Waals surface area contributed by atoms with Crippen molar-refractivity contribution in [3.8, 4) is 11.5 Å². The molecule has 0 aromatic heterocycles. The highest BCUT2D eigenvalue weighted by Gasteiger charge is 2.12. The van der Waals surface area contributed by atoms with Gasteiger partial charge in [0.25, 0.3) is 0 Å². The van der Waals surface area contributed by atoms with Crippen LogP contribution >= 0.6 is 0 Å². The predicted molar refractivity (Wildman–Crippen MR) is 452 cm³/mol. The van der Waals surface area contributed by atoms with Crippen LogP contribution in [0, 0.1) is 0 Å². The summed E-state index contributed by atoms with van der Waals surface area (Å²) in [5, 5.41) is 9.55. The number of anilines is 4. The van der Waals surface area contributed by atoms with Gasteiger partial charge in [-0.3, -0.25) is 57.4 Å².